The van der Waals surface area contributed by atoms with Gasteiger partial charge in [-0.05, 0) is 53.8 Å². The second-order valence-corrected chi connectivity index (χ2v) is 5.95. The maximum absolute atomic E-state index is 11.4. The number of thiocarbonyl (C=S) groups is 1. The fourth-order valence-electron chi connectivity index (χ4n) is 0.852. The molecule has 0 aromatic heterocycles. The normalized spacial score (nSPS) is 11.7. The van der Waals surface area contributed by atoms with E-state index in [0.717, 1.165) is 5.06 Å². The molecule has 0 unspecified atom stereocenters. The van der Waals surface area contributed by atoms with Crippen molar-refractivity contribution in [3.8, 4) is 0 Å². The average Bonchev–Trinajstić information content (AvgIpc) is 2.08. The van der Waals surface area contributed by atoms with Gasteiger partial charge in [0.1, 0.15) is 5.60 Å². The number of alkyl carbamates (subject to hydrolysis) is 1. The number of carbonyl (C=O) groups is 2. The van der Waals surface area contributed by atoms with E-state index in [1.165, 1.54) is 0 Å². The Kier molecular flexibility index (Phi) is 5.69. The number of nitrogens with zero attached hydrogens (tertiary/aromatic N) is 1. The third-order valence-electron chi connectivity index (χ3n) is 1.28. The molecule has 0 fully saturated rings. The number of hydrogen-bond acceptors (Lipinski definition) is 5. The van der Waals surface area contributed by atoms with E-state index >= 15 is 0 Å². The summed E-state index contributed by atoms with van der Waals surface area (Å²) in [6.45, 7) is 10.4. The minimum absolute atomic E-state index is 0.172. The second kappa shape index (κ2) is 6.10. The van der Waals surface area contributed by atoms with Crippen molar-refractivity contribution >= 4 is 29.8 Å². The first-order valence-electron chi connectivity index (χ1n) is 5.42. The molecule has 0 aromatic carbocycles. The average molecular weight is 276 g/mol. The maximum atomic E-state index is 11.4. The van der Waals surface area contributed by atoms with Crippen LogP contribution in [0.4, 0.5) is 4.79 Å². The van der Waals surface area contributed by atoms with Crippen molar-refractivity contribution in [3.63, 3.8) is 0 Å². The van der Waals surface area contributed by atoms with Gasteiger partial charge in [0.05, 0.1) is 5.60 Å². The minimum Gasteiger partial charge on any atom is -0.444 e. The lowest BCUT2D eigenvalue weighted by Gasteiger charge is -2.27. The van der Waals surface area contributed by atoms with Gasteiger partial charge in [0.25, 0.3) is 0 Å². The summed E-state index contributed by atoms with van der Waals surface area (Å²) < 4.78 is 5.00. The van der Waals surface area contributed by atoms with Crippen LogP contribution in [-0.4, -0.2) is 33.9 Å². The number of ether oxygens (including phenoxy) is 1. The Morgan fingerprint density at radius 1 is 1.17 bits per heavy atom. The molecule has 0 aliphatic rings. The number of rotatable bonds is 2. The molecule has 0 rings (SSSR count). The van der Waals surface area contributed by atoms with Crippen molar-refractivity contribution in [3.05, 3.63) is 0 Å². The van der Waals surface area contributed by atoms with Crippen molar-refractivity contribution in [2.75, 3.05) is 0 Å². The molecule has 1 N–H and O–H groups in total. The first-order chi connectivity index (χ1) is 7.94. The molecule has 0 saturated carbocycles. The van der Waals surface area contributed by atoms with E-state index in [0.29, 0.717) is 6.41 Å². The van der Waals surface area contributed by atoms with Crippen molar-refractivity contribution in [1.29, 1.82) is 0 Å². The van der Waals surface area contributed by atoms with E-state index < -0.39 is 17.3 Å². The van der Waals surface area contributed by atoms with Crippen LogP contribution in [0.1, 0.15) is 41.5 Å². The number of nitrogens with one attached hydrogen (secondary N) is 1. The van der Waals surface area contributed by atoms with Crippen LogP contribution in [0.15, 0.2) is 0 Å². The highest BCUT2D eigenvalue weighted by Crippen LogP contribution is 2.10. The summed E-state index contributed by atoms with van der Waals surface area (Å²) in [5.41, 5.74) is -1.25. The zero-order chi connectivity index (χ0) is 14.6. The molecule has 0 bridgehead atoms. The van der Waals surface area contributed by atoms with Crippen molar-refractivity contribution < 1.29 is 19.2 Å². The standard InChI is InChI=1S/C11H20N2O4S/c1-10(2,3)16-9(15)12-8(18)13(7-14)17-11(4,5)6/h7H,1-6H3,(H,12,15,18). The molecule has 0 heterocycles. The monoisotopic (exact) mass is 276 g/mol. The molecule has 0 aliphatic carbocycles. The molecule has 6 nitrogen and oxygen atoms in total. The Labute approximate surface area is 113 Å². The molecular formula is C11H20N2O4S. The maximum Gasteiger partial charge on any atom is 0.413 e. The van der Waals surface area contributed by atoms with Crippen molar-refractivity contribution in [1.82, 2.24) is 10.4 Å². The molecule has 7 heteroatoms. The van der Waals surface area contributed by atoms with Crippen LogP contribution in [0.25, 0.3) is 0 Å². The van der Waals surface area contributed by atoms with E-state index in [1.807, 2.05) is 0 Å². The van der Waals surface area contributed by atoms with Gasteiger partial charge in [0, 0.05) is 0 Å². The summed E-state index contributed by atoms with van der Waals surface area (Å²) in [5, 5.41) is 2.86. The molecule has 18 heavy (non-hydrogen) atoms. The Balaban J connectivity index is 4.46. The third kappa shape index (κ3) is 7.97. The number of amides is 2. The van der Waals surface area contributed by atoms with Gasteiger partial charge in [-0.1, -0.05) is 0 Å². The van der Waals surface area contributed by atoms with Crippen molar-refractivity contribution in [2.45, 2.75) is 52.7 Å². The smallest absolute Gasteiger partial charge is 0.413 e. The van der Waals surface area contributed by atoms with Gasteiger partial charge in [0.2, 0.25) is 11.5 Å². The topological polar surface area (TPSA) is 67.9 Å². The van der Waals surface area contributed by atoms with Crippen LogP contribution >= 0.6 is 12.2 Å². The minimum atomic E-state index is -0.739. The highest BCUT2D eigenvalue weighted by atomic mass is 32.1. The number of hydrogen-bond donors (Lipinski definition) is 1. The van der Waals surface area contributed by atoms with Gasteiger partial charge in [-0.25, -0.2) is 4.79 Å². The zero-order valence-corrected chi connectivity index (χ0v) is 12.4. The number of hydroxylamine groups is 2. The molecule has 0 saturated heterocycles. The quantitative estimate of drug-likeness (QED) is 0.474. The first kappa shape index (κ1) is 16.8. The Bertz CT molecular complexity index is 331. The summed E-state index contributed by atoms with van der Waals surface area (Å²) in [5.74, 6) is 0. The van der Waals surface area contributed by atoms with Crippen LogP contribution in [0, 0.1) is 0 Å². The third-order valence-corrected chi connectivity index (χ3v) is 1.56. The van der Waals surface area contributed by atoms with Gasteiger partial charge in [-0.15, -0.1) is 0 Å². The Morgan fingerprint density at radius 2 is 1.67 bits per heavy atom. The molecule has 0 spiro atoms. The second-order valence-electron chi connectivity index (χ2n) is 5.57. The van der Waals surface area contributed by atoms with E-state index in [4.69, 9.17) is 21.8 Å². The van der Waals surface area contributed by atoms with Gasteiger partial charge < -0.3 is 4.74 Å². The van der Waals surface area contributed by atoms with Gasteiger partial charge in [-0.3, -0.25) is 14.9 Å². The molecule has 0 aromatic rings. The van der Waals surface area contributed by atoms with Gasteiger partial charge in [-0.2, -0.15) is 5.06 Å². The predicted molar refractivity (Wildman–Crippen MR) is 70.7 cm³/mol. The summed E-state index contributed by atoms with van der Waals surface area (Å²) in [6, 6.07) is 0. The van der Waals surface area contributed by atoms with Crippen LogP contribution in [0.5, 0.6) is 0 Å². The molecule has 104 valence electrons. The zero-order valence-electron chi connectivity index (χ0n) is 11.6. The molecule has 2 amide bonds. The lowest BCUT2D eigenvalue weighted by Crippen LogP contribution is -2.46. The lowest BCUT2D eigenvalue weighted by atomic mass is 10.2. The van der Waals surface area contributed by atoms with Crippen LogP contribution < -0.4 is 5.32 Å². The largest absolute Gasteiger partial charge is 0.444 e. The molecule has 0 aliphatic heterocycles. The lowest BCUT2D eigenvalue weighted by molar-refractivity contribution is -0.184. The molecular weight excluding hydrogens is 256 g/mol. The Morgan fingerprint density at radius 3 is 2.00 bits per heavy atom. The fourth-order valence-corrected chi connectivity index (χ4v) is 1.02. The van der Waals surface area contributed by atoms with Gasteiger partial charge >= 0.3 is 6.09 Å². The van der Waals surface area contributed by atoms with Crippen LogP contribution in [-0.2, 0) is 14.4 Å². The van der Waals surface area contributed by atoms with E-state index in [9.17, 15) is 9.59 Å². The molecule has 0 radical (unpaired) electrons. The Hall–Kier alpha value is -1.21. The summed E-state index contributed by atoms with van der Waals surface area (Å²) in [6.07, 6.45) is -0.359. The van der Waals surface area contributed by atoms with E-state index in [-0.39, 0.29) is 5.11 Å². The van der Waals surface area contributed by atoms with Crippen LogP contribution in [0.2, 0.25) is 0 Å². The van der Waals surface area contributed by atoms with Crippen molar-refractivity contribution in [2.24, 2.45) is 0 Å². The number of carbonyl (C=O) groups excluding carboxylic acids is 2. The highest BCUT2D eigenvalue weighted by molar-refractivity contribution is 7.80. The fraction of sp³-hybridized carbons (Fsp3) is 0.727. The molecule has 0 atom stereocenters. The summed E-state index contributed by atoms with van der Waals surface area (Å²) >= 11 is 4.87. The first-order valence-corrected chi connectivity index (χ1v) is 5.83. The van der Waals surface area contributed by atoms with Gasteiger partial charge in [0.15, 0.2) is 0 Å². The summed E-state index contributed by atoms with van der Waals surface area (Å²) in [7, 11) is 0. The predicted octanol–water partition coefficient (Wildman–Crippen LogP) is 1.98. The summed E-state index contributed by atoms with van der Waals surface area (Å²) in [4.78, 5) is 27.5. The van der Waals surface area contributed by atoms with Crippen LogP contribution in [0.3, 0.4) is 0 Å². The highest BCUT2D eigenvalue weighted by Gasteiger charge is 2.23. The SMILES string of the molecule is CC(C)(C)OC(=O)NC(=S)N(C=O)OC(C)(C)C. The van der Waals surface area contributed by atoms with E-state index in [2.05, 4.69) is 5.32 Å². The van der Waals surface area contributed by atoms with E-state index in [1.54, 1.807) is 41.5 Å².